The van der Waals surface area contributed by atoms with E-state index in [9.17, 15) is 24.5 Å². The number of nitro groups is 1. The molecule has 10 heteroatoms. The number of hydrogen-bond donors (Lipinski definition) is 2. The molecule has 1 saturated heterocycles. The molecule has 2 amide bonds. The highest BCUT2D eigenvalue weighted by Gasteiger charge is 2.23. The first-order chi connectivity index (χ1) is 14.3. The highest BCUT2D eigenvalue weighted by atomic mass is 16.6. The SMILES string of the molecule is CC(C)NC(=O)CNC(=O)COC(=O)c1ccc(N2CCCCCC2)c([N+](=O)[O-])c1. The smallest absolute Gasteiger partial charge is 0.338 e. The average Bonchev–Trinajstić information content (AvgIpc) is 2.99. The lowest BCUT2D eigenvalue weighted by Crippen LogP contribution is -2.41. The molecule has 1 aliphatic heterocycles. The van der Waals surface area contributed by atoms with E-state index in [4.69, 9.17) is 4.74 Å². The maximum atomic E-state index is 12.2. The van der Waals surface area contributed by atoms with Crippen molar-refractivity contribution in [3.8, 4) is 0 Å². The first-order valence-electron chi connectivity index (χ1n) is 10.0. The quantitative estimate of drug-likeness (QED) is 0.372. The van der Waals surface area contributed by atoms with Crippen molar-refractivity contribution in [2.45, 2.75) is 45.6 Å². The van der Waals surface area contributed by atoms with E-state index in [-0.39, 0.29) is 29.7 Å². The van der Waals surface area contributed by atoms with Gasteiger partial charge in [-0.2, -0.15) is 0 Å². The first kappa shape index (κ1) is 23.1. The normalized spacial score (nSPS) is 14.0. The number of amides is 2. The van der Waals surface area contributed by atoms with Gasteiger partial charge in [0, 0.05) is 25.2 Å². The highest BCUT2D eigenvalue weighted by Crippen LogP contribution is 2.31. The zero-order chi connectivity index (χ0) is 22.1. The lowest BCUT2D eigenvalue weighted by Gasteiger charge is -2.22. The summed E-state index contributed by atoms with van der Waals surface area (Å²) in [6, 6.07) is 4.14. The van der Waals surface area contributed by atoms with Crippen molar-refractivity contribution in [2.75, 3.05) is 31.1 Å². The second-order valence-electron chi connectivity index (χ2n) is 7.44. The van der Waals surface area contributed by atoms with Gasteiger partial charge in [0.25, 0.3) is 11.6 Å². The molecule has 0 saturated carbocycles. The maximum absolute atomic E-state index is 12.2. The summed E-state index contributed by atoms with van der Waals surface area (Å²) in [5.41, 5.74) is 0.305. The van der Waals surface area contributed by atoms with Gasteiger partial charge in [0.1, 0.15) is 5.69 Å². The van der Waals surface area contributed by atoms with Gasteiger partial charge in [0.15, 0.2) is 6.61 Å². The largest absolute Gasteiger partial charge is 0.452 e. The molecule has 2 N–H and O–H groups in total. The Labute approximate surface area is 175 Å². The fraction of sp³-hybridized carbons (Fsp3) is 0.550. The second kappa shape index (κ2) is 11.1. The van der Waals surface area contributed by atoms with Crippen LogP contribution in [0.3, 0.4) is 0 Å². The number of anilines is 1. The summed E-state index contributed by atoms with van der Waals surface area (Å²) in [5.74, 6) is -1.84. The number of benzene rings is 1. The Balaban J connectivity index is 1.97. The molecule has 2 rings (SSSR count). The predicted molar refractivity (Wildman–Crippen MR) is 110 cm³/mol. The Kier molecular flexibility index (Phi) is 8.57. The number of rotatable bonds is 8. The van der Waals surface area contributed by atoms with Crippen molar-refractivity contribution < 1.29 is 24.0 Å². The number of carbonyl (C=O) groups excluding carboxylic acids is 3. The molecule has 1 aromatic rings. The molecule has 0 aromatic heterocycles. The summed E-state index contributed by atoms with van der Waals surface area (Å²) in [7, 11) is 0. The van der Waals surface area contributed by atoms with Gasteiger partial charge < -0.3 is 20.3 Å². The third-order valence-electron chi connectivity index (χ3n) is 4.58. The summed E-state index contributed by atoms with van der Waals surface area (Å²) >= 11 is 0. The maximum Gasteiger partial charge on any atom is 0.338 e. The molecule has 0 spiro atoms. The van der Waals surface area contributed by atoms with Gasteiger partial charge in [0.05, 0.1) is 17.0 Å². The van der Waals surface area contributed by atoms with Gasteiger partial charge in [-0.1, -0.05) is 12.8 Å². The number of ether oxygens (including phenoxy) is 1. The fourth-order valence-corrected chi connectivity index (χ4v) is 3.19. The summed E-state index contributed by atoms with van der Waals surface area (Å²) < 4.78 is 4.92. The zero-order valence-electron chi connectivity index (χ0n) is 17.3. The minimum absolute atomic E-state index is 0.00868. The molecule has 0 unspecified atom stereocenters. The van der Waals surface area contributed by atoms with Crippen molar-refractivity contribution in [3.63, 3.8) is 0 Å². The Morgan fingerprint density at radius 2 is 1.80 bits per heavy atom. The van der Waals surface area contributed by atoms with Crippen LogP contribution in [0.25, 0.3) is 0 Å². The lowest BCUT2D eigenvalue weighted by atomic mass is 10.1. The minimum atomic E-state index is -0.845. The monoisotopic (exact) mass is 420 g/mol. The van der Waals surface area contributed by atoms with Gasteiger partial charge >= 0.3 is 5.97 Å². The van der Waals surface area contributed by atoms with Crippen LogP contribution in [0.5, 0.6) is 0 Å². The molecule has 0 radical (unpaired) electrons. The molecule has 1 heterocycles. The highest BCUT2D eigenvalue weighted by molar-refractivity contribution is 5.93. The van der Waals surface area contributed by atoms with Gasteiger partial charge in [-0.3, -0.25) is 19.7 Å². The summed E-state index contributed by atoms with van der Waals surface area (Å²) in [5, 5.41) is 16.5. The van der Waals surface area contributed by atoms with E-state index >= 15 is 0 Å². The van der Waals surface area contributed by atoms with Crippen LogP contribution >= 0.6 is 0 Å². The van der Waals surface area contributed by atoms with Crippen molar-refractivity contribution in [2.24, 2.45) is 0 Å². The number of esters is 1. The van der Waals surface area contributed by atoms with E-state index in [1.165, 1.54) is 12.1 Å². The van der Waals surface area contributed by atoms with Gasteiger partial charge in [0.2, 0.25) is 5.91 Å². The Morgan fingerprint density at radius 1 is 1.13 bits per heavy atom. The third kappa shape index (κ3) is 7.02. The average molecular weight is 420 g/mol. The second-order valence-corrected chi connectivity index (χ2v) is 7.44. The van der Waals surface area contributed by atoms with Crippen molar-refractivity contribution in [1.29, 1.82) is 0 Å². The third-order valence-corrected chi connectivity index (χ3v) is 4.58. The standard InChI is InChI=1S/C20H28N4O6/c1-14(2)22-18(25)12-21-19(26)13-30-20(27)15-7-8-16(17(11-15)24(28)29)23-9-5-3-4-6-10-23/h7-8,11,14H,3-6,9-10,12-13H2,1-2H3,(H,21,26)(H,22,25). The van der Waals surface area contributed by atoms with Crippen LogP contribution in [0.4, 0.5) is 11.4 Å². The van der Waals surface area contributed by atoms with E-state index < -0.39 is 23.4 Å². The Hall–Kier alpha value is -3.17. The van der Waals surface area contributed by atoms with Crippen molar-refractivity contribution in [1.82, 2.24) is 10.6 Å². The molecule has 1 fully saturated rings. The van der Waals surface area contributed by atoms with Crippen LogP contribution < -0.4 is 15.5 Å². The topological polar surface area (TPSA) is 131 Å². The van der Waals surface area contributed by atoms with Crippen LogP contribution in [0.1, 0.15) is 49.9 Å². The minimum Gasteiger partial charge on any atom is -0.452 e. The number of nitrogens with zero attached hydrogens (tertiary/aromatic N) is 2. The van der Waals surface area contributed by atoms with Gasteiger partial charge in [-0.05, 0) is 38.8 Å². The van der Waals surface area contributed by atoms with Gasteiger partial charge in [-0.25, -0.2) is 4.79 Å². The van der Waals surface area contributed by atoms with Crippen LogP contribution in [0.2, 0.25) is 0 Å². The molecule has 164 valence electrons. The molecule has 0 bridgehead atoms. The van der Waals surface area contributed by atoms with Crippen LogP contribution in [0, 0.1) is 10.1 Å². The molecule has 10 nitrogen and oxygen atoms in total. The molecule has 1 aliphatic rings. The molecule has 0 atom stereocenters. The summed E-state index contributed by atoms with van der Waals surface area (Å²) in [4.78, 5) is 48.5. The van der Waals surface area contributed by atoms with E-state index in [1.807, 2.05) is 4.90 Å². The van der Waals surface area contributed by atoms with Crippen molar-refractivity contribution >= 4 is 29.2 Å². The van der Waals surface area contributed by atoms with E-state index in [0.29, 0.717) is 5.69 Å². The molecule has 1 aromatic carbocycles. The van der Waals surface area contributed by atoms with Crippen molar-refractivity contribution in [3.05, 3.63) is 33.9 Å². The van der Waals surface area contributed by atoms with Crippen LogP contribution in [0.15, 0.2) is 18.2 Å². The molecular formula is C20H28N4O6. The van der Waals surface area contributed by atoms with Crippen LogP contribution in [-0.2, 0) is 14.3 Å². The molecule has 0 aliphatic carbocycles. The number of hydrogen-bond acceptors (Lipinski definition) is 7. The predicted octanol–water partition coefficient (Wildman–Crippen LogP) is 1.77. The number of carbonyl (C=O) groups is 3. The Bertz CT molecular complexity index is 788. The van der Waals surface area contributed by atoms with E-state index in [2.05, 4.69) is 10.6 Å². The number of nitrogens with one attached hydrogen (secondary N) is 2. The molecular weight excluding hydrogens is 392 g/mol. The number of nitro benzene ring substituents is 1. The van der Waals surface area contributed by atoms with E-state index in [0.717, 1.165) is 38.8 Å². The molecule has 30 heavy (non-hydrogen) atoms. The van der Waals surface area contributed by atoms with Gasteiger partial charge in [-0.15, -0.1) is 0 Å². The van der Waals surface area contributed by atoms with Crippen LogP contribution in [-0.4, -0.2) is 55.0 Å². The zero-order valence-corrected chi connectivity index (χ0v) is 17.3. The summed E-state index contributed by atoms with van der Waals surface area (Å²) in [6.07, 6.45) is 4.11. The first-order valence-corrected chi connectivity index (χ1v) is 10.0. The Morgan fingerprint density at radius 3 is 2.40 bits per heavy atom. The van der Waals surface area contributed by atoms with E-state index in [1.54, 1.807) is 19.9 Å². The fourth-order valence-electron chi connectivity index (χ4n) is 3.19. The summed E-state index contributed by atoms with van der Waals surface area (Å²) in [6.45, 7) is 4.22. The lowest BCUT2D eigenvalue weighted by molar-refractivity contribution is -0.384.